The second-order valence-corrected chi connectivity index (χ2v) is 4.66. The first kappa shape index (κ1) is 12.6. The highest BCUT2D eigenvalue weighted by Crippen LogP contribution is 2.13. The molecule has 0 N–H and O–H groups in total. The zero-order valence-electron chi connectivity index (χ0n) is 10.4. The maximum atomic E-state index is 12.2. The Morgan fingerprint density at radius 1 is 1.00 bits per heavy atom. The van der Waals surface area contributed by atoms with E-state index in [4.69, 9.17) is 11.6 Å². The maximum absolute atomic E-state index is 12.2. The van der Waals surface area contributed by atoms with Crippen molar-refractivity contribution in [3.8, 4) is 5.69 Å². The van der Waals surface area contributed by atoms with Crippen molar-refractivity contribution < 1.29 is 4.79 Å². The molecule has 0 unspecified atom stereocenters. The topological polar surface area (TPSA) is 47.8 Å². The lowest BCUT2D eigenvalue weighted by Gasteiger charge is -1.98. The molecular weight excluding hydrogens is 274 g/mol. The van der Waals surface area contributed by atoms with E-state index in [9.17, 15) is 4.79 Å². The predicted molar refractivity (Wildman–Crippen MR) is 76.2 cm³/mol. The Labute approximate surface area is 120 Å². The van der Waals surface area contributed by atoms with Gasteiger partial charge in [0.05, 0.1) is 11.9 Å². The van der Waals surface area contributed by atoms with Gasteiger partial charge in [-0.05, 0) is 36.4 Å². The van der Waals surface area contributed by atoms with Crippen LogP contribution < -0.4 is 0 Å². The average Bonchev–Trinajstić information content (AvgIpc) is 2.98. The molecule has 0 atom stereocenters. The molecule has 0 saturated carbocycles. The second kappa shape index (κ2) is 5.27. The molecule has 0 radical (unpaired) electrons. The number of carbonyl (C=O) groups is 1. The summed E-state index contributed by atoms with van der Waals surface area (Å²) >= 11 is 5.80. The van der Waals surface area contributed by atoms with Crippen LogP contribution in [-0.2, 0) is 0 Å². The zero-order valence-corrected chi connectivity index (χ0v) is 11.2. The number of rotatable bonds is 3. The Hall–Kier alpha value is -2.46. The van der Waals surface area contributed by atoms with Gasteiger partial charge >= 0.3 is 0 Å². The molecule has 5 heteroatoms. The van der Waals surface area contributed by atoms with Crippen molar-refractivity contribution in [1.82, 2.24) is 15.0 Å². The van der Waals surface area contributed by atoms with Crippen molar-refractivity contribution >= 4 is 17.4 Å². The van der Waals surface area contributed by atoms with Gasteiger partial charge in [0.15, 0.2) is 5.69 Å². The Balaban J connectivity index is 1.90. The van der Waals surface area contributed by atoms with Crippen LogP contribution in [0.25, 0.3) is 5.69 Å². The highest BCUT2D eigenvalue weighted by Gasteiger charge is 2.13. The van der Waals surface area contributed by atoms with E-state index in [-0.39, 0.29) is 5.78 Å². The van der Waals surface area contributed by atoms with E-state index in [0.717, 1.165) is 5.69 Å². The van der Waals surface area contributed by atoms with Gasteiger partial charge < -0.3 is 0 Å². The van der Waals surface area contributed by atoms with E-state index in [0.29, 0.717) is 16.3 Å². The lowest BCUT2D eigenvalue weighted by atomic mass is 10.1. The monoisotopic (exact) mass is 283 g/mol. The first-order valence-corrected chi connectivity index (χ1v) is 6.40. The maximum Gasteiger partial charge on any atom is 0.214 e. The van der Waals surface area contributed by atoms with Gasteiger partial charge in [-0.15, -0.1) is 5.10 Å². The van der Waals surface area contributed by atoms with Crippen molar-refractivity contribution in [1.29, 1.82) is 0 Å². The summed E-state index contributed by atoms with van der Waals surface area (Å²) in [6.07, 6.45) is 1.62. The summed E-state index contributed by atoms with van der Waals surface area (Å²) in [7, 11) is 0. The minimum Gasteiger partial charge on any atom is -0.287 e. The molecule has 1 aromatic heterocycles. The van der Waals surface area contributed by atoms with Crippen LogP contribution in [0.15, 0.2) is 60.8 Å². The number of aromatic nitrogens is 3. The zero-order chi connectivity index (χ0) is 13.9. The van der Waals surface area contributed by atoms with Crippen LogP contribution in [0.5, 0.6) is 0 Å². The molecule has 0 aliphatic heterocycles. The molecule has 0 bridgehead atoms. The van der Waals surface area contributed by atoms with Crippen LogP contribution in [0, 0.1) is 0 Å². The molecule has 98 valence electrons. The highest BCUT2D eigenvalue weighted by molar-refractivity contribution is 6.30. The van der Waals surface area contributed by atoms with Crippen molar-refractivity contribution in [3.63, 3.8) is 0 Å². The Kier molecular flexibility index (Phi) is 3.31. The largest absolute Gasteiger partial charge is 0.287 e. The van der Waals surface area contributed by atoms with Gasteiger partial charge in [-0.25, -0.2) is 4.68 Å². The molecule has 3 rings (SSSR count). The predicted octanol–water partition coefficient (Wildman–Crippen LogP) is 3.15. The Morgan fingerprint density at radius 3 is 2.40 bits per heavy atom. The van der Waals surface area contributed by atoms with E-state index < -0.39 is 0 Å². The Morgan fingerprint density at radius 2 is 1.70 bits per heavy atom. The number of nitrogens with zero attached hydrogens (tertiary/aromatic N) is 3. The summed E-state index contributed by atoms with van der Waals surface area (Å²) in [4.78, 5) is 12.2. The van der Waals surface area contributed by atoms with Gasteiger partial charge in [0, 0.05) is 10.6 Å². The summed E-state index contributed by atoms with van der Waals surface area (Å²) in [5, 5.41) is 8.48. The van der Waals surface area contributed by atoms with Gasteiger partial charge in [-0.3, -0.25) is 4.79 Å². The molecular formula is C15H10ClN3O. The van der Waals surface area contributed by atoms with Gasteiger partial charge in [0.25, 0.3) is 0 Å². The van der Waals surface area contributed by atoms with Gasteiger partial charge in [-0.1, -0.05) is 35.0 Å². The quantitative estimate of drug-likeness (QED) is 0.694. The first-order chi connectivity index (χ1) is 9.74. The van der Waals surface area contributed by atoms with Crippen LogP contribution in [-0.4, -0.2) is 20.8 Å². The molecule has 0 fully saturated rings. The van der Waals surface area contributed by atoms with E-state index in [2.05, 4.69) is 10.3 Å². The fraction of sp³-hybridized carbons (Fsp3) is 0. The minimum absolute atomic E-state index is 0.177. The van der Waals surface area contributed by atoms with E-state index >= 15 is 0 Å². The third-order valence-electron chi connectivity index (χ3n) is 2.85. The van der Waals surface area contributed by atoms with Crippen molar-refractivity contribution in [2.24, 2.45) is 0 Å². The second-order valence-electron chi connectivity index (χ2n) is 4.22. The minimum atomic E-state index is -0.177. The lowest BCUT2D eigenvalue weighted by molar-refractivity contribution is 0.103. The number of hydrogen-bond donors (Lipinski definition) is 0. The van der Waals surface area contributed by atoms with Crippen molar-refractivity contribution in [2.75, 3.05) is 0 Å². The number of ketones is 1. The molecule has 0 amide bonds. The van der Waals surface area contributed by atoms with Gasteiger partial charge in [0.2, 0.25) is 5.78 Å². The molecule has 0 saturated heterocycles. The van der Waals surface area contributed by atoms with Crippen LogP contribution in [0.3, 0.4) is 0 Å². The van der Waals surface area contributed by atoms with E-state index in [1.165, 1.54) is 0 Å². The van der Waals surface area contributed by atoms with Crippen LogP contribution in [0.4, 0.5) is 0 Å². The number of benzene rings is 2. The average molecular weight is 284 g/mol. The SMILES string of the molecule is O=C(c1ccc(Cl)cc1)c1cn(-c2ccccc2)nn1. The normalized spacial score (nSPS) is 10.4. The summed E-state index contributed by atoms with van der Waals surface area (Å²) < 4.78 is 1.57. The van der Waals surface area contributed by atoms with Crippen LogP contribution in [0.2, 0.25) is 5.02 Å². The molecule has 0 spiro atoms. The van der Waals surface area contributed by atoms with Crippen molar-refractivity contribution in [2.45, 2.75) is 0 Å². The van der Waals surface area contributed by atoms with E-state index in [1.54, 1.807) is 35.1 Å². The molecule has 2 aromatic carbocycles. The molecule has 0 aliphatic rings. The molecule has 1 heterocycles. The van der Waals surface area contributed by atoms with Crippen LogP contribution in [0.1, 0.15) is 16.1 Å². The van der Waals surface area contributed by atoms with Crippen LogP contribution >= 0.6 is 11.6 Å². The molecule has 0 aliphatic carbocycles. The number of para-hydroxylation sites is 1. The molecule has 20 heavy (non-hydrogen) atoms. The summed E-state index contributed by atoms with van der Waals surface area (Å²) in [6.45, 7) is 0. The summed E-state index contributed by atoms with van der Waals surface area (Å²) in [6, 6.07) is 16.2. The fourth-order valence-electron chi connectivity index (χ4n) is 1.82. The molecule has 3 aromatic rings. The number of halogens is 1. The van der Waals surface area contributed by atoms with E-state index in [1.807, 2.05) is 30.3 Å². The third-order valence-corrected chi connectivity index (χ3v) is 3.11. The fourth-order valence-corrected chi connectivity index (χ4v) is 1.95. The molecule has 4 nitrogen and oxygen atoms in total. The summed E-state index contributed by atoms with van der Waals surface area (Å²) in [5.41, 5.74) is 1.70. The summed E-state index contributed by atoms with van der Waals surface area (Å²) in [5.74, 6) is -0.177. The van der Waals surface area contributed by atoms with Gasteiger partial charge in [0.1, 0.15) is 0 Å². The smallest absolute Gasteiger partial charge is 0.214 e. The number of carbonyl (C=O) groups excluding carboxylic acids is 1. The highest BCUT2D eigenvalue weighted by atomic mass is 35.5. The van der Waals surface area contributed by atoms with Crippen molar-refractivity contribution in [3.05, 3.63) is 77.1 Å². The number of hydrogen-bond acceptors (Lipinski definition) is 3. The van der Waals surface area contributed by atoms with Gasteiger partial charge in [-0.2, -0.15) is 0 Å². The first-order valence-electron chi connectivity index (χ1n) is 6.02. The third kappa shape index (κ3) is 2.46. The lowest BCUT2D eigenvalue weighted by Crippen LogP contribution is -2.01. The Bertz CT molecular complexity index is 735. The standard InChI is InChI=1S/C15H10ClN3O/c16-12-8-6-11(7-9-12)15(20)14-10-19(18-17-14)13-4-2-1-3-5-13/h1-10H.